The van der Waals surface area contributed by atoms with Crippen molar-refractivity contribution in [3.8, 4) is 0 Å². The molecule has 2 aromatic carbocycles. The molecule has 0 saturated carbocycles. The summed E-state index contributed by atoms with van der Waals surface area (Å²) >= 11 is 0. The van der Waals surface area contributed by atoms with Gasteiger partial charge in [-0.3, -0.25) is 14.4 Å². The van der Waals surface area contributed by atoms with Crippen LogP contribution >= 0.6 is 0 Å². The number of carboxylic acids is 1. The molecule has 0 radical (unpaired) electrons. The Hall–Kier alpha value is -3.03. The van der Waals surface area contributed by atoms with Gasteiger partial charge in [0.1, 0.15) is 5.54 Å². The van der Waals surface area contributed by atoms with Crippen LogP contribution in [-0.2, 0) is 25.5 Å². The summed E-state index contributed by atoms with van der Waals surface area (Å²) in [6, 6.07) is 15.4. The van der Waals surface area contributed by atoms with Crippen molar-refractivity contribution in [2.75, 3.05) is 7.11 Å². The molecule has 1 unspecified atom stereocenters. The van der Waals surface area contributed by atoms with Crippen molar-refractivity contribution in [2.45, 2.75) is 37.3 Å². The third kappa shape index (κ3) is 5.28. The standard InChI is InChI=1S/C22H26N2O5/c1-22(24,21(28)29-2)19(20(27)17(23)13-18(25)26)16-11-7-6-10-15(16)12-14-8-4-3-5-9-14/h3-11,17,19H,12-13,23-24H2,1-2H3,(H,25,26)/t17-,19?,22-/m0/s1. The molecule has 3 atom stereocenters. The largest absolute Gasteiger partial charge is 0.481 e. The maximum Gasteiger partial charge on any atom is 0.326 e. The molecule has 0 fully saturated rings. The number of benzene rings is 2. The number of aliphatic carboxylic acids is 1. The molecule has 0 bridgehead atoms. The predicted molar refractivity (Wildman–Crippen MR) is 108 cm³/mol. The number of rotatable bonds is 9. The molecule has 154 valence electrons. The number of carbonyl (C=O) groups is 3. The summed E-state index contributed by atoms with van der Waals surface area (Å²) < 4.78 is 4.81. The molecule has 0 amide bonds. The third-order valence-electron chi connectivity index (χ3n) is 4.87. The van der Waals surface area contributed by atoms with Gasteiger partial charge in [0.2, 0.25) is 0 Å². The van der Waals surface area contributed by atoms with Crippen molar-refractivity contribution in [3.05, 3.63) is 71.3 Å². The molecule has 2 rings (SSSR count). The number of carboxylic acid groups (broad SMARTS) is 1. The van der Waals surface area contributed by atoms with E-state index in [0.29, 0.717) is 12.0 Å². The molecule has 0 heterocycles. The van der Waals surface area contributed by atoms with Crippen molar-refractivity contribution in [2.24, 2.45) is 11.5 Å². The Morgan fingerprint density at radius 1 is 1.07 bits per heavy atom. The van der Waals surface area contributed by atoms with Gasteiger partial charge in [-0.05, 0) is 30.0 Å². The van der Waals surface area contributed by atoms with Crippen LogP contribution in [0.2, 0.25) is 0 Å². The molecule has 29 heavy (non-hydrogen) atoms. The third-order valence-corrected chi connectivity index (χ3v) is 4.87. The lowest BCUT2D eigenvalue weighted by Crippen LogP contribution is -2.56. The second kappa shape index (κ2) is 9.45. The van der Waals surface area contributed by atoms with Gasteiger partial charge in [0.05, 0.1) is 25.5 Å². The quantitative estimate of drug-likeness (QED) is 0.547. The van der Waals surface area contributed by atoms with Gasteiger partial charge < -0.3 is 21.3 Å². The van der Waals surface area contributed by atoms with Crippen LogP contribution < -0.4 is 11.5 Å². The van der Waals surface area contributed by atoms with E-state index in [1.54, 1.807) is 12.1 Å². The minimum absolute atomic E-state index is 0.506. The minimum atomic E-state index is -1.73. The number of carbonyl (C=O) groups excluding carboxylic acids is 2. The summed E-state index contributed by atoms with van der Waals surface area (Å²) in [5.41, 5.74) is 12.7. The van der Waals surface area contributed by atoms with E-state index in [9.17, 15) is 14.4 Å². The highest BCUT2D eigenvalue weighted by Gasteiger charge is 2.46. The Bertz CT molecular complexity index is 880. The van der Waals surface area contributed by atoms with Gasteiger partial charge in [0, 0.05) is 0 Å². The Labute approximate surface area is 169 Å². The maximum absolute atomic E-state index is 13.2. The van der Waals surface area contributed by atoms with Crippen LogP contribution in [0.4, 0.5) is 0 Å². The summed E-state index contributed by atoms with van der Waals surface area (Å²) in [7, 11) is 1.18. The normalized spacial score (nSPS) is 15.0. The van der Waals surface area contributed by atoms with Crippen LogP contribution in [0.25, 0.3) is 0 Å². The second-order valence-electron chi connectivity index (χ2n) is 7.18. The average Bonchev–Trinajstić information content (AvgIpc) is 2.68. The molecular weight excluding hydrogens is 372 g/mol. The molecule has 0 aromatic heterocycles. The fourth-order valence-corrected chi connectivity index (χ4v) is 3.40. The fraction of sp³-hybridized carbons (Fsp3) is 0.318. The molecule has 0 aliphatic heterocycles. The van der Waals surface area contributed by atoms with Crippen molar-refractivity contribution < 1.29 is 24.2 Å². The molecule has 0 saturated heterocycles. The first-order chi connectivity index (χ1) is 13.7. The lowest BCUT2D eigenvalue weighted by atomic mass is 9.74. The van der Waals surface area contributed by atoms with Crippen LogP contribution in [0.1, 0.15) is 36.0 Å². The van der Waals surface area contributed by atoms with Crippen molar-refractivity contribution in [3.63, 3.8) is 0 Å². The number of hydrogen-bond donors (Lipinski definition) is 3. The monoisotopic (exact) mass is 398 g/mol. The SMILES string of the molecule is COC(=O)[C@@](C)(N)C(C(=O)[C@@H](N)CC(=O)O)c1ccccc1Cc1ccccc1. The number of ether oxygens (including phenoxy) is 1. The molecular formula is C22H26N2O5. The van der Waals surface area contributed by atoms with E-state index in [1.807, 2.05) is 42.5 Å². The zero-order valence-corrected chi connectivity index (χ0v) is 16.5. The highest BCUT2D eigenvalue weighted by molar-refractivity contribution is 5.99. The van der Waals surface area contributed by atoms with Gasteiger partial charge in [0.15, 0.2) is 5.78 Å². The van der Waals surface area contributed by atoms with Gasteiger partial charge in [0.25, 0.3) is 0 Å². The average molecular weight is 398 g/mol. The van der Waals surface area contributed by atoms with Crippen molar-refractivity contribution >= 4 is 17.7 Å². The highest BCUT2D eigenvalue weighted by atomic mass is 16.5. The number of methoxy groups -OCH3 is 1. The van der Waals surface area contributed by atoms with Crippen LogP contribution in [0.15, 0.2) is 54.6 Å². The molecule has 7 heteroatoms. The Balaban J connectivity index is 2.56. The smallest absolute Gasteiger partial charge is 0.326 e. The highest BCUT2D eigenvalue weighted by Crippen LogP contribution is 2.33. The van der Waals surface area contributed by atoms with Gasteiger partial charge in [-0.2, -0.15) is 0 Å². The van der Waals surface area contributed by atoms with E-state index in [4.69, 9.17) is 21.3 Å². The summed E-state index contributed by atoms with van der Waals surface area (Å²) in [5.74, 6) is -3.78. The number of Topliss-reactive ketones (excluding diaryl/α,β-unsaturated/α-hetero) is 1. The summed E-state index contributed by atoms with van der Waals surface area (Å²) in [6.07, 6.45) is -0.0559. The Kier molecular flexibility index (Phi) is 7.25. The Morgan fingerprint density at radius 2 is 1.66 bits per heavy atom. The summed E-state index contributed by atoms with van der Waals surface area (Å²) in [5, 5.41) is 9.04. The number of ketones is 1. The lowest BCUT2D eigenvalue weighted by molar-refractivity contribution is -0.149. The summed E-state index contributed by atoms with van der Waals surface area (Å²) in [4.78, 5) is 36.7. The number of hydrogen-bond acceptors (Lipinski definition) is 6. The second-order valence-corrected chi connectivity index (χ2v) is 7.18. The molecule has 5 N–H and O–H groups in total. The van der Waals surface area contributed by atoms with E-state index in [2.05, 4.69) is 0 Å². The van der Waals surface area contributed by atoms with E-state index < -0.39 is 41.6 Å². The van der Waals surface area contributed by atoms with Gasteiger partial charge in [-0.15, -0.1) is 0 Å². The van der Waals surface area contributed by atoms with E-state index in [-0.39, 0.29) is 0 Å². The summed E-state index contributed by atoms with van der Waals surface area (Å²) in [6.45, 7) is 1.40. The van der Waals surface area contributed by atoms with Crippen LogP contribution in [0.5, 0.6) is 0 Å². The zero-order valence-electron chi connectivity index (χ0n) is 16.5. The van der Waals surface area contributed by atoms with E-state index in [0.717, 1.165) is 11.1 Å². The number of esters is 1. The first-order valence-electron chi connectivity index (χ1n) is 9.18. The first kappa shape index (κ1) is 22.3. The number of nitrogens with two attached hydrogens (primary N) is 2. The topological polar surface area (TPSA) is 133 Å². The van der Waals surface area contributed by atoms with Gasteiger partial charge in [-0.25, -0.2) is 0 Å². The van der Waals surface area contributed by atoms with E-state index in [1.165, 1.54) is 14.0 Å². The minimum Gasteiger partial charge on any atom is -0.481 e. The van der Waals surface area contributed by atoms with Crippen LogP contribution in [0.3, 0.4) is 0 Å². The van der Waals surface area contributed by atoms with Gasteiger partial charge in [-0.1, -0.05) is 54.6 Å². The molecule has 2 aromatic rings. The van der Waals surface area contributed by atoms with Crippen molar-refractivity contribution in [1.29, 1.82) is 0 Å². The lowest BCUT2D eigenvalue weighted by Gasteiger charge is -2.33. The van der Waals surface area contributed by atoms with Crippen LogP contribution in [0, 0.1) is 0 Å². The van der Waals surface area contributed by atoms with Crippen molar-refractivity contribution in [1.82, 2.24) is 0 Å². The predicted octanol–water partition coefficient (Wildman–Crippen LogP) is 1.62. The molecule has 0 aliphatic rings. The maximum atomic E-state index is 13.2. The first-order valence-corrected chi connectivity index (χ1v) is 9.18. The molecule has 0 aliphatic carbocycles. The zero-order chi connectivity index (χ0) is 21.6. The fourth-order valence-electron chi connectivity index (χ4n) is 3.40. The Morgan fingerprint density at radius 3 is 2.24 bits per heavy atom. The molecule has 7 nitrogen and oxygen atoms in total. The molecule has 0 spiro atoms. The van der Waals surface area contributed by atoms with E-state index >= 15 is 0 Å². The van der Waals surface area contributed by atoms with Gasteiger partial charge >= 0.3 is 11.9 Å². The van der Waals surface area contributed by atoms with Crippen LogP contribution in [-0.4, -0.2) is 41.5 Å².